The van der Waals surface area contributed by atoms with Gasteiger partial charge in [0, 0.05) is 0 Å². The van der Waals surface area contributed by atoms with Crippen LogP contribution in [0.15, 0.2) is 0 Å². The molecule has 3 amide bonds. The number of thioether (sulfide) groups is 1. The Labute approximate surface area is 183 Å². The molecule has 0 heterocycles. The van der Waals surface area contributed by atoms with Gasteiger partial charge in [-0.1, -0.05) is 34.1 Å². The van der Waals surface area contributed by atoms with Crippen molar-refractivity contribution in [2.24, 2.45) is 17.6 Å². The Balaban J connectivity index is 5.09. The van der Waals surface area contributed by atoms with Crippen molar-refractivity contribution in [1.82, 2.24) is 16.0 Å². The Morgan fingerprint density at radius 2 is 1.50 bits per heavy atom. The van der Waals surface area contributed by atoms with Crippen LogP contribution in [0.1, 0.15) is 53.9 Å². The normalized spacial score (nSPS) is 16.1. The van der Waals surface area contributed by atoms with E-state index in [4.69, 9.17) is 5.73 Å². The molecule has 174 valence electrons. The number of carbonyl (C=O) groups excluding carboxylic acids is 3. The molecule has 0 aliphatic heterocycles. The lowest BCUT2D eigenvalue weighted by atomic mass is 9.99. The molecule has 0 saturated heterocycles. The summed E-state index contributed by atoms with van der Waals surface area (Å²) in [7, 11) is 0. The zero-order valence-corrected chi connectivity index (χ0v) is 19.7. The maximum absolute atomic E-state index is 12.7. The molecule has 0 saturated carbocycles. The molecule has 5 atom stereocenters. The Kier molecular flexibility index (Phi) is 13.4. The summed E-state index contributed by atoms with van der Waals surface area (Å²) < 4.78 is 0. The van der Waals surface area contributed by atoms with Gasteiger partial charge in [-0.25, -0.2) is 4.79 Å². The Hall–Kier alpha value is -1.81. The largest absolute Gasteiger partial charge is 0.480 e. The van der Waals surface area contributed by atoms with Crippen LogP contribution in [0.2, 0.25) is 0 Å². The quantitative estimate of drug-likeness (QED) is 0.264. The topological polar surface area (TPSA) is 151 Å². The summed E-state index contributed by atoms with van der Waals surface area (Å²) in [5.74, 6) is -2.01. The maximum Gasteiger partial charge on any atom is 0.326 e. The molecular formula is C20H38N4O5S. The molecule has 0 aliphatic carbocycles. The van der Waals surface area contributed by atoms with Gasteiger partial charge >= 0.3 is 5.97 Å². The minimum atomic E-state index is -1.12. The monoisotopic (exact) mass is 446 g/mol. The molecule has 0 aliphatic rings. The van der Waals surface area contributed by atoms with E-state index in [1.54, 1.807) is 0 Å². The van der Waals surface area contributed by atoms with Gasteiger partial charge in [-0.05, 0) is 43.6 Å². The van der Waals surface area contributed by atoms with Gasteiger partial charge in [-0.15, -0.1) is 0 Å². The predicted octanol–water partition coefficient (Wildman–Crippen LogP) is 0.718. The molecule has 0 aromatic heterocycles. The van der Waals surface area contributed by atoms with Crippen molar-refractivity contribution < 1.29 is 24.3 Å². The van der Waals surface area contributed by atoms with Gasteiger partial charge in [-0.3, -0.25) is 14.4 Å². The van der Waals surface area contributed by atoms with Gasteiger partial charge in [0.1, 0.15) is 18.1 Å². The van der Waals surface area contributed by atoms with E-state index in [0.717, 1.165) is 6.42 Å². The molecule has 30 heavy (non-hydrogen) atoms. The molecule has 6 N–H and O–H groups in total. The number of hydrogen-bond acceptors (Lipinski definition) is 6. The molecule has 10 heteroatoms. The van der Waals surface area contributed by atoms with E-state index in [-0.39, 0.29) is 18.3 Å². The summed E-state index contributed by atoms with van der Waals surface area (Å²) in [6.07, 6.45) is 3.20. The molecule has 0 radical (unpaired) electrons. The van der Waals surface area contributed by atoms with Crippen LogP contribution >= 0.6 is 11.8 Å². The molecule has 0 spiro atoms. The second-order valence-corrected chi connectivity index (χ2v) is 9.00. The highest BCUT2D eigenvalue weighted by Gasteiger charge is 2.29. The van der Waals surface area contributed by atoms with Crippen LogP contribution in [-0.4, -0.2) is 65.0 Å². The zero-order chi connectivity index (χ0) is 23.4. The number of hydrogen-bond donors (Lipinski definition) is 5. The summed E-state index contributed by atoms with van der Waals surface area (Å²) in [6.45, 7) is 9.08. The first-order valence-corrected chi connectivity index (χ1v) is 11.7. The van der Waals surface area contributed by atoms with Crippen molar-refractivity contribution in [3.8, 4) is 0 Å². The SMILES string of the molecule is CCC(C)C(N)C(=O)NC(C)C(=O)NC(CC(C)C)C(=O)NC(CCSC)C(=O)O. The number of aliphatic carboxylic acids is 1. The zero-order valence-electron chi connectivity index (χ0n) is 18.9. The van der Waals surface area contributed by atoms with Crippen LogP contribution in [0.4, 0.5) is 0 Å². The van der Waals surface area contributed by atoms with E-state index < -0.39 is 47.9 Å². The summed E-state index contributed by atoms with van der Waals surface area (Å²) in [5, 5.41) is 17.0. The third kappa shape index (κ3) is 10.3. The van der Waals surface area contributed by atoms with Crippen molar-refractivity contribution in [3.05, 3.63) is 0 Å². The minimum absolute atomic E-state index is 0.0334. The van der Waals surface area contributed by atoms with E-state index in [1.165, 1.54) is 18.7 Å². The lowest BCUT2D eigenvalue weighted by Crippen LogP contribution is -2.57. The van der Waals surface area contributed by atoms with Gasteiger partial charge in [0.15, 0.2) is 0 Å². The first kappa shape index (κ1) is 28.2. The van der Waals surface area contributed by atoms with Gasteiger partial charge in [-0.2, -0.15) is 11.8 Å². The van der Waals surface area contributed by atoms with Crippen molar-refractivity contribution in [1.29, 1.82) is 0 Å². The van der Waals surface area contributed by atoms with Crippen LogP contribution in [0.25, 0.3) is 0 Å². The number of carbonyl (C=O) groups is 4. The number of rotatable bonds is 14. The van der Waals surface area contributed by atoms with E-state index >= 15 is 0 Å². The van der Waals surface area contributed by atoms with Crippen molar-refractivity contribution in [2.45, 2.75) is 78.0 Å². The molecular weight excluding hydrogens is 408 g/mol. The third-order valence-corrected chi connectivity index (χ3v) is 5.52. The fourth-order valence-electron chi connectivity index (χ4n) is 2.65. The smallest absolute Gasteiger partial charge is 0.326 e. The lowest BCUT2D eigenvalue weighted by Gasteiger charge is -2.25. The van der Waals surface area contributed by atoms with Gasteiger partial charge in [0.25, 0.3) is 0 Å². The number of nitrogens with one attached hydrogen (secondary N) is 3. The molecule has 0 rings (SSSR count). The summed E-state index contributed by atoms with van der Waals surface area (Å²) in [4.78, 5) is 48.9. The minimum Gasteiger partial charge on any atom is -0.480 e. The summed E-state index contributed by atoms with van der Waals surface area (Å²) in [5.41, 5.74) is 5.89. The first-order valence-electron chi connectivity index (χ1n) is 10.3. The van der Waals surface area contributed by atoms with Crippen LogP contribution < -0.4 is 21.7 Å². The maximum atomic E-state index is 12.7. The number of amides is 3. The Morgan fingerprint density at radius 1 is 0.933 bits per heavy atom. The highest BCUT2D eigenvalue weighted by Crippen LogP contribution is 2.08. The van der Waals surface area contributed by atoms with Crippen LogP contribution in [-0.2, 0) is 19.2 Å². The third-order valence-electron chi connectivity index (χ3n) is 4.88. The lowest BCUT2D eigenvalue weighted by molar-refractivity contribution is -0.142. The van der Waals surface area contributed by atoms with E-state index in [1.807, 2.05) is 34.0 Å². The number of carboxylic acid groups (broad SMARTS) is 1. The standard InChI is InChI=1S/C20H38N4O5S/c1-7-12(4)16(21)19(27)22-13(5)17(25)24-15(10-11(2)3)18(26)23-14(20(28)29)8-9-30-6/h11-16H,7-10,21H2,1-6H3,(H,22,27)(H,23,26)(H,24,25)(H,28,29). The van der Waals surface area contributed by atoms with Crippen molar-refractivity contribution in [2.75, 3.05) is 12.0 Å². The highest BCUT2D eigenvalue weighted by atomic mass is 32.2. The molecule has 5 unspecified atom stereocenters. The number of nitrogens with two attached hydrogens (primary N) is 1. The van der Waals surface area contributed by atoms with Crippen LogP contribution in [0, 0.1) is 11.8 Å². The summed E-state index contributed by atoms with van der Waals surface area (Å²) in [6, 6.07) is -3.55. The Bertz CT molecular complexity index is 588. The molecule has 0 bridgehead atoms. The molecule has 0 aromatic rings. The first-order chi connectivity index (χ1) is 13.9. The average Bonchev–Trinajstić information content (AvgIpc) is 2.68. The van der Waals surface area contributed by atoms with E-state index in [9.17, 15) is 24.3 Å². The second-order valence-electron chi connectivity index (χ2n) is 8.01. The van der Waals surface area contributed by atoms with Crippen LogP contribution in [0.3, 0.4) is 0 Å². The fourth-order valence-corrected chi connectivity index (χ4v) is 3.12. The number of carboxylic acids is 1. The van der Waals surface area contributed by atoms with Crippen LogP contribution in [0.5, 0.6) is 0 Å². The predicted molar refractivity (Wildman–Crippen MR) is 119 cm³/mol. The molecule has 0 fully saturated rings. The van der Waals surface area contributed by atoms with E-state index in [0.29, 0.717) is 12.2 Å². The van der Waals surface area contributed by atoms with Gasteiger partial charge < -0.3 is 26.8 Å². The average molecular weight is 447 g/mol. The van der Waals surface area contributed by atoms with Gasteiger partial charge in [0.05, 0.1) is 6.04 Å². The van der Waals surface area contributed by atoms with Crippen molar-refractivity contribution >= 4 is 35.5 Å². The highest BCUT2D eigenvalue weighted by molar-refractivity contribution is 7.98. The Morgan fingerprint density at radius 3 is 1.97 bits per heavy atom. The van der Waals surface area contributed by atoms with E-state index in [2.05, 4.69) is 16.0 Å². The van der Waals surface area contributed by atoms with Gasteiger partial charge in [0.2, 0.25) is 17.7 Å². The summed E-state index contributed by atoms with van der Waals surface area (Å²) >= 11 is 1.48. The fraction of sp³-hybridized carbons (Fsp3) is 0.800. The van der Waals surface area contributed by atoms with Crippen molar-refractivity contribution in [3.63, 3.8) is 0 Å². The second kappa shape index (κ2) is 14.2. The molecule has 0 aromatic carbocycles. The molecule has 9 nitrogen and oxygen atoms in total.